The van der Waals surface area contributed by atoms with E-state index in [4.69, 9.17) is 0 Å². The molecule has 0 saturated heterocycles. The van der Waals surface area contributed by atoms with E-state index in [-0.39, 0.29) is 23.6 Å². The molecule has 1 atom stereocenters. The highest BCUT2D eigenvalue weighted by molar-refractivity contribution is 7.09. The molecule has 0 radical (unpaired) electrons. The number of carbonyl (C=O) groups is 2. The zero-order valence-electron chi connectivity index (χ0n) is 13.8. The van der Waals surface area contributed by atoms with Crippen molar-refractivity contribution in [3.8, 4) is 0 Å². The van der Waals surface area contributed by atoms with Crippen molar-refractivity contribution >= 4 is 23.3 Å². The molecule has 2 aliphatic rings. The maximum atomic E-state index is 13.4. The van der Waals surface area contributed by atoms with Crippen molar-refractivity contribution in [1.29, 1.82) is 0 Å². The van der Waals surface area contributed by atoms with E-state index >= 15 is 0 Å². The third kappa shape index (κ3) is 3.18. The van der Waals surface area contributed by atoms with Gasteiger partial charge in [-0.3, -0.25) is 4.79 Å². The standard InChI is InChI=1S/C18H14F3N3O2S/c19-18(20,21)12-6-2-1-5-11(12)15-14-13(22-17(26)23-15)9-24(16(14)25)8-10-4-3-7-27-10/h1-7,15H,8-9H2,(H2,22,23,26). The van der Waals surface area contributed by atoms with Crippen LogP contribution in [0.25, 0.3) is 0 Å². The van der Waals surface area contributed by atoms with Crippen molar-refractivity contribution in [2.75, 3.05) is 6.54 Å². The van der Waals surface area contributed by atoms with E-state index in [2.05, 4.69) is 10.6 Å². The Bertz CT molecular complexity index is 938. The van der Waals surface area contributed by atoms with Crippen molar-refractivity contribution in [3.05, 3.63) is 69.1 Å². The summed E-state index contributed by atoms with van der Waals surface area (Å²) in [4.78, 5) is 27.4. The molecule has 9 heteroatoms. The molecule has 3 heterocycles. The van der Waals surface area contributed by atoms with Crippen LogP contribution in [0.5, 0.6) is 0 Å². The van der Waals surface area contributed by atoms with Crippen LogP contribution in [-0.2, 0) is 17.5 Å². The normalized spacial score (nSPS) is 19.8. The Kier molecular flexibility index (Phi) is 4.18. The smallest absolute Gasteiger partial charge is 0.328 e. The molecule has 4 rings (SSSR count). The van der Waals surface area contributed by atoms with Crippen LogP contribution >= 0.6 is 11.3 Å². The van der Waals surface area contributed by atoms with E-state index in [9.17, 15) is 22.8 Å². The fourth-order valence-electron chi connectivity index (χ4n) is 3.39. The Labute approximate surface area is 156 Å². The summed E-state index contributed by atoms with van der Waals surface area (Å²) in [6.45, 7) is 0.497. The van der Waals surface area contributed by atoms with E-state index in [1.807, 2.05) is 17.5 Å². The number of benzene rings is 1. The van der Waals surface area contributed by atoms with Gasteiger partial charge in [0.1, 0.15) is 0 Å². The van der Waals surface area contributed by atoms with Gasteiger partial charge in [0.05, 0.1) is 36.0 Å². The van der Waals surface area contributed by atoms with Gasteiger partial charge in [0.25, 0.3) is 5.91 Å². The third-order valence-electron chi connectivity index (χ3n) is 4.52. The largest absolute Gasteiger partial charge is 0.416 e. The number of hydrogen-bond donors (Lipinski definition) is 2. The van der Waals surface area contributed by atoms with E-state index < -0.39 is 23.8 Å². The van der Waals surface area contributed by atoms with Crippen LogP contribution in [0, 0.1) is 0 Å². The highest BCUT2D eigenvalue weighted by atomic mass is 32.1. The highest BCUT2D eigenvalue weighted by Crippen LogP contribution is 2.40. The van der Waals surface area contributed by atoms with Gasteiger partial charge in [-0.2, -0.15) is 13.2 Å². The molecule has 2 aromatic rings. The van der Waals surface area contributed by atoms with Gasteiger partial charge in [0, 0.05) is 4.88 Å². The van der Waals surface area contributed by atoms with E-state index in [0.717, 1.165) is 10.9 Å². The molecule has 0 aliphatic carbocycles. The van der Waals surface area contributed by atoms with Gasteiger partial charge in [-0.15, -0.1) is 11.3 Å². The lowest BCUT2D eigenvalue weighted by Gasteiger charge is -2.27. The average molecular weight is 393 g/mol. The second kappa shape index (κ2) is 6.41. The van der Waals surface area contributed by atoms with Crippen LogP contribution < -0.4 is 10.6 Å². The molecule has 5 nitrogen and oxygen atoms in total. The number of nitrogens with zero attached hydrogens (tertiary/aromatic N) is 1. The minimum atomic E-state index is -4.59. The molecule has 0 saturated carbocycles. The van der Waals surface area contributed by atoms with Crippen LogP contribution in [0.4, 0.5) is 18.0 Å². The van der Waals surface area contributed by atoms with Crippen molar-refractivity contribution < 1.29 is 22.8 Å². The number of rotatable bonds is 3. The minimum absolute atomic E-state index is 0.140. The summed E-state index contributed by atoms with van der Waals surface area (Å²) >= 11 is 1.48. The lowest BCUT2D eigenvalue weighted by Crippen LogP contribution is -2.44. The summed E-state index contributed by atoms with van der Waals surface area (Å²) in [6, 6.07) is 6.95. The molecular formula is C18H14F3N3O2S. The summed E-state index contributed by atoms with van der Waals surface area (Å²) in [7, 11) is 0. The van der Waals surface area contributed by atoms with Gasteiger partial charge in [0.15, 0.2) is 0 Å². The summed E-state index contributed by atoms with van der Waals surface area (Å²) in [5.41, 5.74) is -0.502. The Morgan fingerprint density at radius 2 is 1.93 bits per heavy atom. The van der Waals surface area contributed by atoms with Gasteiger partial charge >= 0.3 is 12.2 Å². The van der Waals surface area contributed by atoms with E-state index in [0.29, 0.717) is 12.2 Å². The first-order valence-electron chi connectivity index (χ1n) is 8.13. The SMILES string of the molecule is O=C1NC2=C(C(=O)N(Cc3cccs3)C2)C(c2ccccc2C(F)(F)F)N1. The maximum absolute atomic E-state index is 13.4. The molecule has 27 heavy (non-hydrogen) atoms. The number of hydrogen-bond acceptors (Lipinski definition) is 3. The van der Waals surface area contributed by atoms with Crippen LogP contribution in [0.2, 0.25) is 0 Å². The fraction of sp³-hybridized carbons (Fsp3) is 0.222. The molecule has 0 bridgehead atoms. The zero-order valence-corrected chi connectivity index (χ0v) is 14.7. The number of halogens is 3. The Hall–Kier alpha value is -2.81. The summed E-state index contributed by atoms with van der Waals surface area (Å²) in [5, 5.41) is 6.92. The molecule has 1 aromatic carbocycles. The zero-order chi connectivity index (χ0) is 19.2. The number of carbonyl (C=O) groups excluding carboxylic acids is 2. The number of nitrogens with one attached hydrogen (secondary N) is 2. The van der Waals surface area contributed by atoms with Crippen LogP contribution in [0.3, 0.4) is 0 Å². The molecule has 1 unspecified atom stereocenters. The predicted octanol–water partition coefficient (Wildman–Crippen LogP) is 3.42. The maximum Gasteiger partial charge on any atom is 0.416 e. The second-order valence-corrected chi connectivity index (χ2v) is 7.28. The van der Waals surface area contributed by atoms with Crippen LogP contribution in [0.1, 0.15) is 22.0 Å². The number of thiophene rings is 1. The highest BCUT2D eigenvalue weighted by Gasteiger charge is 2.43. The van der Waals surface area contributed by atoms with Crippen molar-refractivity contribution in [2.24, 2.45) is 0 Å². The Morgan fingerprint density at radius 3 is 2.63 bits per heavy atom. The van der Waals surface area contributed by atoms with E-state index in [1.54, 1.807) is 0 Å². The number of amides is 3. The summed E-state index contributed by atoms with van der Waals surface area (Å²) in [5.74, 6) is -0.382. The predicted molar refractivity (Wildman–Crippen MR) is 92.6 cm³/mol. The van der Waals surface area contributed by atoms with Gasteiger partial charge in [0.2, 0.25) is 0 Å². The van der Waals surface area contributed by atoms with Gasteiger partial charge < -0.3 is 15.5 Å². The minimum Gasteiger partial charge on any atom is -0.328 e. The molecule has 2 N–H and O–H groups in total. The first kappa shape index (κ1) is 17.6. The van der Waals surface area contributed by atoms with Gasteiger partial charge in [-0.1, -0.05) is 24.3 Å². The first-order chi connectivity index (χ1) is 12.8. The Balaban J connectivity index is 1.72. The fourth-order valence-corrected chi connectivity index (χ4v) is 4.11. The van der Waals surface area contributed by atoms with Crippen molar-refractivity contribution in [1.82, 2.24) is 15.5 Å². The van der Waals surface area contributed by atoms with Crippen LogP contribution in [-0.4, -0.2) is 23.4 Å². The van der Waals surface area contributed by atoms with Crippen molar-refractivity contribution in [3.63, 3.8) is 0 Å². The lowest BCUT2D eigenvalue weighted by molar-refractivity contribution is -0.138. The molecule has 140 valence electrons. The molecule has 0 spiro atoms. The molecule has 2 aliphatic heterocycles. The van der Waals surface area contributed by atoms with E-state index in [1.165, 1.54) is 34.4 Å². The topological polar surface area (TPSA) is 61.4 Å². The summed E-state index contributed by atoms with van der Waals surface area (Å²) in [6.07, 6.45) is -4.59. The summed E-state index contributed by atoms with van der Waals surface area (Å²) < 4.78 is 40.3. The van der Waals surface area contributed by atoms with Crippen molar-refractivity contribution in [2.45, 2.75) is 18.8 Å². The Morgan fingerprint density at radius 1 is 1.15 bits per heavy atom. The average Bonchev–Trinajstić information content (AvgIpc) is 3.22. The van der Waals surface area contributed by atoms with Crippen LogP contribution in [0.15, 0.2) is 53.0 Å². The molecule has 0 fully saturated rings. The first-order valence-corrected chi connectivity index (χ1v) is 9.01. The second-order valence-electron chi connectivity index (χ2n) is 6.25. The molecule has 3 amide bonds. The lowest BCUT2D eigenvalue weighted by atomic mass is 9.92. The van der Waals surface area contributed by atoms with Gasteiger partial charge in [-0.25, -0.2) is 4.79 Å². The van der Waals surface area contributed by atoms with Gasteiger partial charge in [-0.05, 0) is 23.1 Å². The number of urea groups is 1. The number of alkyl halides is 3. The monoisotopic (exact) mass is 393 g/mol. The molecular weight excluding hydrogens is 379 g/mol. The quantitative estimate of drug-likeness (QED) is 0.840. The third-order valence-corrected chi connectivity index (χ3v) is 5.39. The molecule has 1 aromatic heterocycles.